The van der Waals surface area contributed by atoms with Crippen LogP contribution in [-0.4, -0.2) is 59.3 Å². The fourth-order valence-corrected chi connectivity index (χ4v) is 3.46. The molecule has 0 spiro atoms. The molecule has 3 rings (SSSR count). The predicted molar refractivity (Wildman–Crippen MR) is 118 cm³/mol. The minimum absolute atomic E-state index is 0.0174. The number of hydrogen-bond acceptors (Lipinski definition) is 6. The third kappa shape index (κ3) is 4.66. The van der Waals surface area contributed by atoms with E-state index in [0.29, 0.717) is 47.2 Å². The lowest BCUT2D eigenvalue weighted by Gasteiger charge is -2.26. The molecule has 0 radical (unpaired) electrons. The van der Waals surface area contributed by atoms with Gasteiger partial charge in [-0.05, 0) is 43.5 Å². The Morgan fingerprint density at radius 3 is 1.53 bits per heavy atom. The van der Waals surface area contributed by atoms with Crippen molar-refractivity contribution >= 4 is 17.9 Å². The second kappa shape index (κ2) is 9.50. The molecule has 6 heteroatoms. The van der Waals surface area contributed by atoms with Gasteiger partial charge in [0.15, 0.2) is 5.78 Å². The number of ether oxygens (including phenoxy) is 4. The van der Waals surface area contributed by atoms with Gasteiger partial charge >= 0.3 is 0 Å². The van der Waals surface area contributed by atoms with Crippen molar-refractivity contribution in [1.29, 1.82) is 0 Å². The first-order valence-electron chi connectivity index (χ1n) is 9.57. The van der Waals surface area contributed by atoms with Gasteiger partial charge in [-0.25, -0.2) is 0 Å². The van der Waals surface area contributed by atoms with E-state index < -0.39 is 0 Å². The van der Waals surface area contributed by atoms with E-state index in [1.54, 1.807) is 28.4 Å². The molecule has 2 aromatic carbocycles. The van der Waals surface area contributed by atoms with Gasteiger partial charge in [0.05, 0.1) is 28.4 Å². The Bertz CT molecular complexity index is 916. The van der Waals surface area contributed by atoms with Crippen LogP contribution >= 0.6 is 0 Å². The van der Waals surface area contributed by atoms with E-state index in [9.17, 15) is 4.79 Å². The summed E-state index contributed by atoms with van der Waals surface area (Å²) in [5, 5.41) is 0. The summed E-state index contributed by atoms with van der Waals surface area (Å²) in [6.07, 6.45) is 3.77. The van der Waals surface area contributed by atoms with Crippen LogP contribution in [0.25, 0.3) is 12.2 Å². The van der Waals surface area contributed by atoms with Crippen LogP contribution in [0.2, 0.25) is 0 Å². The van der Waals surface area contributed by atoms with Gasteiger partial charge in [-0.3, -0.25) is 9.69 Å². The summed E-state index contributed by atoms with van der Waals surface area (Å²) < 4.78 is 21.5. The molecule has 0 amide bonds. The molecule has 1 aliphatic rings. The van der Waals surface area contributed by atoms with Crippen LogP contribution < -0.4 is 18.9 Å². The molecule has 0 saturated carbocycles. The fraction of sp³-hybridized carbons (Fsp3) is 0.292. The maximum absolute atomic E-state index is 13.2. The minimum atomic E-state index is 0.0174. The Labute approximate surface area is 177 Å². The highest BCUT2D eigenvalue weighted by molar-refractivity contribution is 6.14. The Morgan fingerprint density at radius 1 is 0.733 bits per heavy atom. The van der Waals surface area contributed by atoms with Crippen molar-refractivity contribution in [3.63, 3.8) is 0 Å². The second-order valence-corrected chi connectivity index (χ2v) is 7.06. The molecule has 6 nitrogen and oxygen atoms in total. The first-order chi connectivity index (χ1) is 14.5. The molecule has 0 atom stereocenters. The molecule has 2 aromatic rings. The number of likely N-dealkylation sites (tertiary alicyclic amines) is 1. The standard InChI is InChI=1S/C24H27NO5/c1-25-14-18(10-16-6-8-20(27-2)12-22(16)29-4)24(26)19(15-25)11-17-7-9-21(28-3)13-23(17)30-5/h6-13H,14-15H2,1-5H3. The van der Waals surface area contributed by atoms with Crippen LogP contribution in [-0.2, 0) is 4.79 Å². The number of nitrogens with zero attached hydrogens (tertiary/aromatic N) is 1. The van der Waals surface area contributed by atoms with Gasteiger partial charge in [0.1, 0.15) is 23.0 Å². The Hall–Kier alpha value is -3.25. The normalized spacial score (nSPS) is 17.3. The zero-order valence-corrected chi connectivity index (χ0v) is 18.0. The van der Waals surface area contributed by atoms with E-state index in [-0.39, 0.29) is 5.78 Å². The summed E-state index contributed by atoms with van der Waals surface area (Å²) in [7, 11) is 8.42. The maximum atomic E-state index is 13.2. The molecule has 1 saturated heterocycles. The number of ketones is 1. The lowest BCUT2D eigenvalue weighted by Crippen LogP contribution is -2.34. The number of benzene rings is 2. The zero-order chi connectivity index (χ0) is 21.7. The van der Waals surface area contributed by atoms with Crippen molar-refractivity contribution in [3.8, 4) is 23.0 Å². The minimum Gasteiger partial charge on any atom is -0.497 e. The van der Waals surface area contributed by atoms with E-state index in [1.807, 2.05) is 55.6 Å². The summed E-state index contributed by atoms with van der Waals surface area (Å²) in [6, 6.07) is 11.1. The van der Waals surface area contributed by atoms with Gasteiger partial charge in [0.2, 0.25) is 0 Å². The van der Waals surface area contributed by atoms with Gasteiger partial charge in [0, 0.05) is 47.5 Å². The number of piperidine rings is 1. The van der Waals surface area contributed by atoms with Crippen molar-refractivity contribution in [3.05, 3.63) is 58.7 Å². The third-order valence-electron chi connectivity index (χ3n) is 5.00. The molecule has 158 valence electrons. The average Bonchev–Trinajstić information content (AvgIpc) is 2.77. The van der Waals surface area contributed by atoms with E-state index in [0.717, 1.165) is 11.1 Å². The van der Waals surface area contributed by atoms with Crippen LogP contribution in [0.1, 0.15) is 11.1 Å². The van der Waals surface area contributed by atoms with Crippen LogP contribution in [0.3, 0.4) is 0 Å². The SMILES string of the molecule is COc1ccc(C=C2CN(C)CC(=Cc3ccc(OC)cc3OC)C2=O)c(OC)c1. The highest BCUT2D eigenvalue weighted by Crippen LogP contribution is 2.30. The van der Waals surface area contributed by atoms with E-state index in [1.165, 1.54) is 0 Å². The summed E-state index contributed by atoms with van der Waals surface area (Å²) in [6.45, 7) is 1.12. The molecule has 0 N–H and O–H groups in total. The smallest absolute Gasteiger partial charge is 0.187 e. The topological polar surface area (TPSA) is 57.2 Å². The Morgan fingerprint density at radius 2 is 1.17 bits per heavy atom. The maximum Gasteiger partial charge on any atom is 0.187 e. The largest absolute Gasteiger partial charge is 0.497 e. The fourth-order valence-electron chi connectivity index (χ4n) is 3.46. The van der Waals surface area contributed by atoms with Crippen LogP contribution in [0, 0.1) is 0 Å². The van der Waals surface area contributed by atoms with Crippen molar-refractivity contribution < 1.29 is 23.7 Å². The number of likely N-dealkylation sites (N-methyl/N-ethyl adjacent to an activating group) is 1. The van der Waals surface area contributed by atoms with Crippen molar-refractivity contribution in [2.24, 2.45) is 0 Å². The van der Waals surface area contributed by atoms with Gasteiger partial charge in [-0.1, -0.05) is 0 Å². The van der Waals surface area contributed by atoms with Gasteiger partial charge in [-0.2, -0.15) is 0 Å². The lowest BCUT2D eigenvalue weighted by atomic mass is 9.94. The molecule has 1 aliphatic heterocycles. The lowest BCUT2D eigenvalue weighted by molar-refractivity contribution is -0.113. The summed E-state index contributed by atoms with van der Waals surface area (Å²) in [5.41, 5.74) is 3.06. The van der Waals surface area contributed by atoms with E-state index >= 15 is 0 Å². The van der Waals surface area contributed by atoms with Gasteiger partial charge in [-0.15, -0.1) is 0 Å². The number of methoxy groups -OCH3 is 4. The highest BCUT2D eigenvalue weighted by Gasteiger charge is 2.25. The molecule has 0 aliphatic carbocycles. The summed E-state index contributed by atoms with van der Waals surface area (Å²) in [4.78, 5) is 15.3. The van der Waals surface area contributed by atoms with Crippen molar-refractivity contribution in [1.82, 2.24) is 4.90 Å². The number of carbonyl (C=O) groups excluding carboxylic acids is 1. The predicted octanol–water partition coefficient (Wildman–Crippen LogP) is 3.70. The second-order valence-electron chi connectivity index (χ2n) is 7.06. The van der Waals surface area contributed by atoms with Gasteiger partial charge in [0.25, 0.3) is 0 Å². The first kappa shape index (κ1) is 21.5. The molecule has 1 fully saturated rings. The summed E-state index contributed by atoms with van der Waals surface area (Å²) >= 11 is 0. The van der Waals surface area contributed by atoms with Crippen LogP contribution in [0.4, 0.5) is 0 Å². The number of carbonyl (C=O) groups is 1. The Kier molecular flexibility index (Phi) is 6.79. The van der Waals surface area contributed by atoms with Gasteiger partial charge < -0.3 is 18.9 Å². The molecule has 0 bridgehead atoms. The zero-order valence-electron chi connectivity index (χ0n) is 18.0. The average molecular weight is 409 g/mol. The summed E-state index contributed by atoms with van der Waals surface area (Å²) in [5.74, 6) is 2.74. The quantitative estimate of drug-likeness (QED) is 0.678. The third-order valence-corrected chi connectivity index (χ3v) is 5.00. The van der Waals surface area contributed by atoms with Crippen molar-refractivity contribution in [2.75, 3.05) is 48.6 Å². The van der Waals surface area contributed by atoms with E-state index in [2.05, 4.69) is 4.90 Å². The first-order valence-corrected chi connectivity index (χ1v) is 9.57. The van der Waals surface area contributed by atoms with Crippen molar-refractivity contribution in [2.45, 2.75) is 0 Å². The highest BCUT2D eigenvalue weighted by atomic mass is 16.5. The van der Waals surface area contributed by atoms with E-state index in [4.69, 9.17) is 18.9 Å². The molecule has 0 unspecified atom stereocenters. The number of rotatable bonds is 6. The molecule has 30 heavy (non-hydrogen) atoms. The van der Waals surface area contributed by atoms with Crippen LogP contribution in [0.5, 0.6) is 23.0 Å². The Balaban J connectivity index is 1.98. The molecular weight excluding hydrogens is 382 g/mol. The molecule has 0 aromatic heterocycles. The number of Topliss-reactive ketones (excluding diaryl/α,β-unsaturated/α-hetero) is 1. The van der Waals surface area contributed by atoms with Crippen LogP contribution in [0.15, 0.2) is 47.5 Å². The monoisotopic (exact) mass is 409 g/mol. The number of hydrogen-bond donors (Lipinski definition) is 0. The molecular formula is C24H27NO5. The molecule has 1 heterocycles.